The molecular formula is C25H27N. The monoisotopic (exact) mass is 341 g/mol. The third kappa shape index (κ3) is 2.54. The van der Waals surface area contributed by atoms with E-state index < -0.39 is 0 Å². The fourth-order valence-electron chi connectivity index (χ4n) is 4.68. The van der Waals surface area contributed by atoms with Crippen LogP contribution in [0.2, 0.25) is 0 Å². The number of fused-ring (bicyclic) bond motifs is 2. The van der Waals surface area contributed by atoms with Gasteiger partial charge in [-0.15, -0.1) is 0 Å². The molecule has 0 aliphatic carbocycles. The Morgan fingerprint density at radius 2 is 1.08 bits per heavy atom. The quantitative estimate of drug-likeness (QED) is 0.489. The van der Waals surface area contributed by atoms with Crippen molar-refractivity contribution in [3.8, 4) is 0 Å². The topological polar surface area (TPSA) is 3.24 Å². The van der Waals surface area contributed by atoms with Gasteiger partial charge in [-0.05, 0) is 74.6 Å². The van der Waals surface area contributed by atoms with Gasteiger partial charge in [-0.2, -0.15) is 0 Å². The van der Waals surface area contributed by atoms with Crippen molar-refractivity contribution in [2.75, 3.05) is 11.9 Å². The van der Waals surface area contributed by atoms with E-state index in [1.165, 1.54) is 55.9 Å². The number of anilines is 2. The molecule has 0 aromatic heterocycles. The standard InChI is InChI=1S/C25H27N/c1-15-7-9-22-20(13-15)25(24-18(4)11-17(3)12-19(24)5)21-14-16(2)8-10-23(21)26(22)6/h7-14,25H,1-6H3. The van der Waals surface area contributed by atoms with E-state index in [-0.39, 0.29) is 5.92 Å². The lowest BCUT2D eigenvalue weighted by molar-refractivity contribution is 0.901. The molecule has 3 aromatic rings. The Labute approximate surface area is 157 Å². The van der Waals surface area contributed by atoms with Crippen molar-refractivity contribution in [2.45, 2.75) is 40.5 Å². The smallest absolute Gasteiger partial charge is 0.0450 e. The molecule has 1 nitrogen and oxygen atoms in total. The third-order valence-electron chi connectivity index (χ3n) is 5.74. The minimum absolute atomic E-state index is 0.289. The second-order valence-corrected chi connectivity index (χ2v) is 7.93. The number of aryl methyl sites for hydroxylation is 5. The summed E-state index contributed by atoms with van der Waals surface area (Å²) in [6, 6.07) is 18.4. The largest absolute Gasteiger partial charge is 0.344 e. The van der Waals surface area contributed by atoms with Crippen LogP contribution in [-0.2, 0) is 0 Å². The number of hydrogen-bond donors (Lipinski definition) is 0. The molecule has 0 atom stereocenters. The Morgan fingerprint density at radius 1 is 0.615 bits per heavy atom. The van der Waals surface area contributed by atoms with Gasteiger partial charge < -0.3 is 4.90 Å². The van der Waals surface area contributed by atoms with E-state index in [4.69, 9.17) is 0 Å². The molecule has 3 aromatic carbocycles. The van der Waals surface area contributed by atoms with E-state index >= 15 is 0 Å². The number of nitrogens with zero attached hydrogens (tertiary/aromatic N) is 1. The molecule has 26 heavy (non-hydrogen) atoms. The highest BCUT2D eigenvalue weighted by atomic mass is 15.1. The summed E-state index contributed by atoms with van der Waals surface area (Å²) in [5.41, 5.74) is 13.7. The summed E-state index contributed by atoms with van der Waals surface area (Å²) in [6.07, 6.45) is 0. The van der Waals surface area contributed by atoms with Crippen LogP contribution < -0.4 is 4.90 Å². The van der Waals surface area contributed by atoms with Crippen LogP contribution in [0.15, 0.2) is 48.5 Å². The van der Waals surface area contributed by atoms with Gasteiger partial charge in [0.25, 0.3) is 0 Å². The molecular weight excluding hydrogens is 314 g/mol. The zero-order valence-corrected chi connectivity index (χ0v) is 16.6. The molecule has 0 N–H and O–H groups in total. The van der Waals surface area contributed by atoms with Crippen molar-refractivity contribution in [2.24, 2.45) is 0 Å². The maximum atomic E-state index is 2.38. The highest BCUT2D eigenvalue weighted by Gasteiger charge is 2.31. The van der Waals surface area contributed by atoms with Gasteiger partial charge in [0, 0.05) is 24.3 Å². The Hall–Kier alpha value is -2.54. The lowest BCUT2D eigenvalue weighted by atomic mass is 9.76. The first kappa shape index (κ1) is 16.9. The van der Waals surface area contributed by atoms with E-state index in [2.05, 4.69) is 95.1 Å². The summed E-state index contributed by atoms with van der Waals surface area (Å²) in [5, 5.41) is 0. The molecule has 0 bridgehead atoms. The van der Waals surface area contributed by atoms with E-state index in [0.717, 1.165) is 0 Å². The maximum Gasteiger partial charge on any atom is 0.0450 e. The van der Waals surface area contributed by atoms with Crippen molar-refractivity contribution in [3.63, 3.8) is 0 Å². The van der Waals surface area contributed by atoms with Gasteiger partial charge in [0.1, 0.15) is 0 Å². The zero-order chi connectivity index (χ0) is 18.6. The molecule has 0 unspecified atom stereocenters. The number of hydrogen-bond acceptors (Lipinski definition) is 1. The summed E-state index contributed by atoms with van der Waals surface area (Å²) < 4.78 is 0. The third-order valence-corrected chi connectivity index (χ3v) is 5.74. The molecule has 132 valence electrons. The van der Waals surface area contributed by atoms with Crippen LogP contribution in [0, 0.1) is 34.6 Å². The van der Waals surface area contributed by atoms with Crippen LogP contribution in [0.1, 0.15) is 50.4 Å². The van der Waals surface area contributed by atoms with Gasteiger partial charge in [0.2, 0.25) is 0 Å². The van der Waals surface area contributed by atoms with Crippen LogP contribution in [0.3, 0.4) is 0 Å². The molecule has 1 heteroatoms. The Balaban J connectivity index is 2.08. The summed E-state index contributed by atoms with van der Waals surface area (Å²) in [7, 11) is 2.19. The van der Waals surface area contributed by atoms with Crippen LogP contribution >= 0.6 is 0 Å². The van der Waals surface area contributed by atoms with Gasteiger partial charge >= 0.3 is 0 Å². The predicted molar refractivity (Wildman–Crippen MR) is 112 cm³/mol. The second-order valence-electron chi connectivity index (χ2n) is 7.93. The predicted octanol–water partition coefficient (Wildman–Crippen LogP) is 6.49. The molecule has 0 amide bonds. The van der Waals surface area contributed by atoms with E-state index in [1.807, 2.05) is 0 Å². The number of benzene rings is 3. The van der Waals surface area contributed by atoms with Gasteiger partial charge in [-0.1, -0.05) is 53.1 Å². The highest BCUT2D eigenvalue weighted by Crippen LogP contribution is 2.49. The molecule has 0 saturated carbocycles. The van der Waals surface area contributed by atoms with Gasteiger partial charge in [-0.25, -0.2) is 0 Å². The van der Waals surface area contributed by atoms with Gasteiger partial charge in [-0.3, -0.25) is 0 Å². The fraction of sp³-hybridized carbons (Fsp3) is 0.280. The lowest BCUT2D eigenvalue weighted by Gasteiger charge is -2.37. The van der Waals surface area contributed by atoms with E-state index in [1.54, 1.807) is 0 Å². The Bertz CT molecular complexity index is 936. The zero-order valence-electron chi connectivity index (χ0n) is 16.6. The maximum absolute atomic E-state index is 2.38. The van der Waals surface area contributed by atoms with Crippen molar-refractivity contribution < 1.29 is 0 Å². The van der Waals surface area contributed by atoms with Crippen LogP contribution in [0.25, 0.3) is 0 Å². The van der Waals surface area contributed by atoms with Gasteiger partial charge in [0.05, 0.1) is 0 Å². The van der Waals surface area contributed by atoms with Crippen molar-refractivity contribution in [3.05, 3.63) is 93.0 Å². The van der Waals surface area contributed by atoms with E-state index in [9.17, 15) is 0 Å². The summed E-state index contributed by atoms with van der Waals surface area (Å²) >= 11 is 0. The summed E-state index contributed by atoms with van der Waals surface area (Å²) in [6.45, 7) is 11.1. The van der Waals surface area contributed by atoms with Crippen LogP contribution in [0.4, 0.5) is 11.4 Å². The molecule has 0 saturated heterocycles. The SMILES string of the molecule is Cc1cc(C)c(C2c3cc(C)ccc3N(C)c3ccc(C)cc32)c(C)c1. The van der Waals surface area contributed by atoms with E-state index in [0.29, 0.717) is 0 Å². The summed E-state index contributed by atoms with van der Waals surface area (Å²) in [5.74, 6) is 0.289. The first-order chi connectivity index (χ1) is 12.4. The average molecular weight is 341 g/mol. The minimum Gasteiger partial charge on any atom is -0.344 e. The van der Waals surface area contributed by atoms with Crippen molar-refractivity contribution in [1.82, 2.24) is 0 Å². The fourth-order valence-corrected chi connectivity index (χ4v) is 4.68. The van der Waals surface area contributed by atoms with Crippen molar-refractivity contribution >= 4 is 11.4 Å². The lowest BCUT2D eigenvalue weighted by Crippen LogP contribution is -2.23. The van der Waals surface area contributed by atoms with Gasteiger partial charge in [0.15, 0.2) is 0 Å². The van der Waals surface area contributed by atoms with Crippen LogP contribution in [-0.4, -0.2) is 7.05 Å². The molecule has 4 rings (SSSR count). The average Bonchev–Trinajstić information content (AvgIpc) is 2.56. The molecule has 1 aliphatic heterocycles. The summed E-state index contributed by atoms with van der Waals surface area (Å²) in [4.78, 5) is 2.35. The molecule has 1 aliphatic rings. The number of rotatable bonds is 1. The molecule has 0 spiro atoms. The second kappa shape index (κ2) is 6.02. The molecule has 1 heterocycles. The Morgan fingerprint density at radius 3 is 1.54 bits per heavy atom. The normalized spacial score (nSPS) is 13.5. The van der Waals surface area contributed by atoms with Crippen molar-refractivity contribution in [1.29, 1.82) is 0 Å². The Kier molecular flexibility index (Phi) is 3.91. The minimum atomic E-state index is 0.289. The first-order valence-electron chi connectivity index (χ1n) is 9.39. The highest BCUT2D eigenvalue weighted by molar-refractivity contribution is 5.78. The van der Waals surface area contributed by atoms with Crippen LogP contribution in [0.5, 0.6) is 0 Å². The molecule has 0 radical (unpaired) electrons. The molecule has 0 fully saturated rings. The first-order valence-corrected chi connectivity index (χ1v) is 9.39.